The van der Waals surface area contributed by atoms with Crippen LogP contribution in [0.25, 0.3) is 0 Å². The summed E-state index contributed by atoms with van der Waals surface area (Å²) < 4.78 is 5.19. The Labute approximate surface area is 118 Å². The van der Waals surface area contributed by atoms with Crippen LogP contribution in [0.5, 0.6) is 0 Å². The summed E-state index contributed by atoms with van der Waals surface area (Å²) in [5.41, 5.74) is 4.93. The molecule has 0 saturated heterocycles. The van der Waals surface area contributed by atoms with Gasteiger partial charge >= 0.3 is 0 Å². The van der Waals surface area contributed by atoms with Crippen molar-refractivity contribution in [2.45, 2.75) is 45.1 Å². The highest BCUT2D eigenvalue weighted by Gasteiger charge is 2.42. The summed E-state index contributed by atoms with van der Waals surface area (Å²) in [5.74, 6) is 0.504. The lowest BCUT2D eigenvalue weighted by Gasteiger charge is -2.29. The minimum atomic E-state index is -0.891. The fourth-order valence-corrected chi connectivity index (χ4v) is 2.78. The van der Waals surface area contributed by atoms with Gasteiger partial charge in [0.2, 0.25) is 5.91 Å². The fraction of sp³-hybridized carbons (Fsp3) is 0.571. The van der Waals surface area contributed by atoms with E-state index in [1.165, 1.54) is 0 Å². The molecule has 1 aromatic heterocycles. The van der Waals surface area contributed by atoms with Gasteiger partial charge in [0, 0.05) is 0 Å². The standard InChI is InChI=1S/C14H21N3O3/c15-12(17-19)14(7-3-1-2-4-8-14)13(18)16-10-11-6-5-9-20-11/h5-6,9,19H,1-4,7-8,10H2,(H2,15,17)(H,16,18). The molecular formula is C14H21N3O3. The van der Waals surface area contributed by atoms with Gasteiger partial charge in [-0.15, -0.1) is 0 Å². The lowest BCUT2D eigenvalue weighted by molar-refractivity contribution is -0.128. The zero-order valence-corrected chi connectivity index (χ0v) is 11.5. The van der Waals surface area contributed by atoms with Crippen molar-refractivity contribution in [3.05, 3.63) is 24.2 Å². The average Bonchev–Trinajstić information content (AvgIpc) is 2.86. The van der Waals surface area contributed by atoms with Crippen molar-refractivity contribution in [1.29, 1.82) is 0 Å². The van der Waals surface area contributed by atoms with Crippen molar-refractivity contribution < 1.29 is 14.4 Å². The van der Waals surface area contributed by atoms with Crippen molar-refractivity contribution in [3.8, 4) is 0 Å². The van der Waals surface area contributed by atoms with Gasteiger partial charge in [-0.3, -0.25) is 4.79 Å². The summed E-state index contributed by atoms with van der Waals surface area (Å²) in [4.78, 5) is 12.5. The molecule has 0 bridgehead atoms. The number of hydrogen-bond acceptors (Lipinski definition) is 4. The zero-order valence-electron chi connectivity index (χ0n) is 11.5. The van der Waals surface area contributed by atoms with Gasteiger partial charge in [-0.2, -0.15) is 0 Å². The number of oxime groups is 1. The van der Waals surface area contributed by atoms with E-state index in [0.717, 1.165) is 25.7 Å². The molecule has 1 amide bonds. The van der Waals surface area contributed by atoms with E-state index in [2.05, 4.69) is 10.5 Å². The van der Waals surface area contributed by atoms with Gasteiger partial charge in [0.15, 0.2) is 5.84 Å². The first-order valence-corrected chi connectivity index (χ1v) is 6.98. The molecule has 110 valence electrons. The number of amides is 1. The second kappa shape index (κ2) is 6.45. The third-order valence-corrected chi connectivity index (χ3v) is 3.99. The highest BCUT2D eigenvalue weighted by atomic mass is 16.4. The van der Waals surface area contributed by atoms with Crippen LogP contribution in [0, 0.1) is 5.41 Å². The van der Waals surface area contributed by atoms with Crippen LogP contribution in [0.3, 0.4) is 0 Å². The first-order valence-electron chi connectivity index (χ1n) is 6.98. The molecule has 1 heterocycles. The van der Waals surface area contributed by atoms with Crippen LogP contribution in [0.1, 0.15) is 44.3 Å². The lowest BCUT2D eigenvalue weighted by atomic mass is 9.78. The fourth-order valence-electron chi connectivity index (χ4n) is 2.78. The average molecular weight is 279 g/mol. The maximum atomic E-state index is 12.5. The van der Waals surface area contributed by atoms with Gasteiger partial charge in [0.05, 0.1) is 12.8 Å². The van der Waals surface area contributed by atoms with Crippen LogP contribution in [0.15, 0.2) is 28.0 Å². The molecule has 1 aliphatic carbocycles. The quantitative estimate of drug-likeness (QED) is 0.258. The van der Waals surface area contributed by atoms with E-state index in [0.29, 0.717) is 25.1 Å². The number of nitrogens with two attached hydrogens (primary N) is 1. The maximum absolute atomic E-state index is 12.5. The van der Waals surface area contributed by atoms with Crippen molar-refractivity contribution in [2.75, 3.05) is 0 Å². The van der Waals surface area contributed by atoms with E-state index in [1.807, 2.05) is 0 Å². The molecule has 1 fully saturated rings. The summed E-state index contributed by atoms with van der Waals surface area (Å²) in [5, 5.41) is 14.9. The molecule has 6 nitrogen and oxygen atoms in total. The minimum Gasteiger partial charge on any atom is -0.467 e. The lowest BCUT2D eigenvalue weighted by Crippen LogP contribution is -2.49. The van der Waals surface area contributed by atoms with Gasteiger partial charge in [-0.1, -0.05) is 30.8 Å². The second-order valence-corrected chi connectivity index (χ2v) is 5.24. The van der Waals surface area contributed by atoms with E-state index < -0.39 is 5.41 Å². The van der Waals surface area contributed by atoms with Gasteiger partial charge in [0.1, 0.15) is 11.2 Å². The van der Waals surface area contributed by atoms with E-state index in [1.54, 1.807) is 18.4 Å². The minimum absolute atomic E-state index is 0.0105. The molecule has 2 rings (SSSR count). The van der Waals surface area contributed by atoms with Crippen LogP contribution >= 0.6 is 0 Å². The molecule has 0 unspecified atom stereocenters. The Kier molecular flexibility index (Phi) is 4.65. The van der Waals surface area contributed by atoms with Gasteiger partial charge in [-0.25, -0.2) is 0 Å². The molecular weight excluding hydrogens is 258 g/mol. The Balaban J connectivity index is 2.11. The third kappa shape index (κ3) is 2.95. The topological polar surface area (TPSA) is 101 Å². The largest absolute Gasteiger partial charge is 0.467 e. The first-order chi connectivity index (χ1) is 9.69. The molecule has 0 spiro atoms. The maximum Gasteiger partial charge on any atom is 0.234 e. The Bertz CT molecular complexity index is 460. The first kappa shape index (κ1) is 14.4. The predicted octanol–water partition coefficient (Wildman–Crippen LogP) is 1.98. The number of rotatable bonds is 4. The molecule has 0 aromatic carbocycles. The second-order valence-electron chi connectivity index (χ2n) is 5.24. The van der Waals surface area contributed by atoms with E-state index in [9.17, 15) is 4.79 Å². The monoisotopic (exact) mass is 279 g/mol. The van der Waals surface area contributed by atoms with E-state index in [4.69, 9.17) is 15.4 Å². The summed E-state index contributed by atoms with van der Waals surface area (Å²) in [6.07, 6.45) is 6.76. The number of nitrogens with zero attached hydrogens (tertiary/aromatic N) is 1. The van der Waals surface area contributed by atoms with Crippen molar-refractivity contribution in [2.24, 2.45) is 16.3 Å². The smallest absolute Gasteiger partial charge is 0.234 e. The van der Waals surface area contributed by atoms with Crippen LogP contribution in [0.4, 0.5) is 0 Å². The molecule has 6 heteroatoms. The SMILES string of the molecule is NC(=NO)C1(C(=O)NCc2ccco2)CCCCCC1. The van der Waals surface area contributed by atoms with E-state index in [-0.39, 0.29) is 11.7 Å². The van der Waals surface area contributed by atoms with Crippen LogP contribution in [-0.4, -0.2) is 17.0 Å². The zero-order chi connectivity index (χ0) is 14.4. The summed E-state index contributed by atoms with van der Waals surface area (Å²) in [6.45, 7) is 0.312. The summed E-state index contributed by atoms with van der Waals surface area (Å²) in [6, 6.07) is 3.57. The molecule has 1 saturated carbocycles. The number of carbonyl (C=O) groups is 1. The summed E-state index contributed by atoms with van der Waals surface area (Å²) in [7, 11) is 0. The number of carbonyl (C=O) groups excluding carboxylic acids is 1. The van der Waals surface area contributed by atoms with Crippen molar-refractivity contribution in [1.82, 2.24) is 5.32 Å². The van der Waals surface area contributed by atoms with Crippen LogP contribution < -0.4 is 11.1 Å². The van der Waals surface area contributed by atoms with Crippen LogP contribution in [-0.2, 0) is 11.3 Å². The number of hydrogen-bond donors (Lipinski definition) is 3. The van der Waals surface area contributed by atoms with Crippen LogP contribution in [0.2, 0.25) is 0 Å². The normalized spacial score (nSPS) is 19.3. The number of nitrogens with one attached hydrogen (secondary N) is 1. The summed E-state index contributed by atoms with van der Waals surface area (Å²) >= 11 is 0. The molecule has 0 atom stereocenters. The Morgan fingerprint density at radius 1 is 1.40 bits per heavy atom. The molecule has 4 N–H and O–H groups in total. The van der Waals surface area contributed by atoms with E-state index >= 15 is 0 Å². The predicted molar refractivity (Wildman–Crippen MR) is 74.1 cm³/mol. The van der Waals surface area contributed by atoms with Crippen molar-refractivity contribution in [3.63, 3.8) is 0 Å². The highest BCUT2D eigenvalue weighted by molar-refractivity contribution is 6.06. The molecule has 0 aliphatic heterocycles. The Hall–Kier alpha value is -1.98. The van der Waals surface area contributed by atoms with Gasteiger partial charge < -0.3 is 20.7 Å². The van der Waals surface area contributed by atoms with Gasteiger partial charge in [0.25, 0.3) is 0 Å². The molecule has 1 aromatic rings. The molecule has 1 aliphatic rings. The number of furan rings is 1. The van der Waals surface area contributed by atoms with Crippen molar-refractivity contribution >= 4 is 11.7 Å². The molecule has 20 heavy (non-hydrogen) atoms. The molecule has 0 radical (unpaired) electrons. The van der Waals surface area contributed by atoms with Gasteiger partial charge in [-0.05, 0) is 25.0 Å². The Morgan fingerprint density at radius 3 is 2.65 bits per heavy atom. The Morgan fingerprint density at radius 2 is 2.10 bits per heavy atom. The highest BCUT2D eigenvalue weighted by Crippen LogP contribution is 2.35. The third-order valence-electron chi connectivity index (χ3n) is 3.99. The number of amidine groups is 1.